The van der Waals surface area contributed by atoms with Crippen LogP contribution in [0.15, 0.2) is 22.7 Å². The predicted octanol–water partition coefficient (Wildman–Crippen LogP) is 3.08. The Bertz CT molecular complexity index is 422. The van der Waals surface area contributed by atoms with Crippen LogP contribution in [0.4, 0.5) is 5.69 Å². The lowest BCUT2D eigenvalue weighted by Crippen LogP contribution is -2.47. The Balaban J connectivity index is 2.25. The summed E-state index contributed by atoms with van der Waals surface area (Å²) in [6.07, 6.45) is 0.285. The number of morpholine rings is 1. The summed E-state index contributed by atoms with van der Waals surface area (Å²) in [7, 11) is 0. The zero-order valence-corrected chi connectivity index (χ0v) is 12.8. The number of hydrogen-bond donors (Lipinski definition) is 1. The summed E-state index contributed by atoms with van der Waals surface area (Å²) in [6, 6.07) is 6.88. The highest BCUT2D eigenvalue weighted by atomic mass is 79.9. The van der Waals surface area contributed by atoms with Gasteiger partial charge in [-0.25, -0.2) is 0 Å². The fourth-order valence-corrected chi connectivity index (χ4v) is 3.05. The van der Waals surface area contributed by atoms with Gasteiger partial charge < -0.3 is 15.4 Å². The van der Waals surface area contributed by atoms with Crippen molar-refractivity contribution in [1.82, 2.24) is 0 Å². The minimum atomic E-state index is 0.0504. The molecule has 4 heteroatoms. The summed E-state index contributed by atoms with van der Waals surface area (Å²) in [4.78, 5) is 2.39. The van der Waals surface area contributed by atoms with Crippen molar-refractivity contribution in [2.24, 2.45) is 5.73 Å². The second kappa shape index (κ2) is 5.59. The van der Waals surface area contributed by atoms with Crippen LogP contribution in [0.25, 0.3) is 0 Å². The van der Waals surface area contributed by atoms with Gasteiger partial charge in [-0.3, -0.25) is 0 Å². The van der Waals surface area contributed by atoms with Crippen LogP contribution in [0.5, 0.6) is 0 Å². The molecule has 3 nitrogen and oxygen atoms in total. The van der Waals surface area contributed by atoms with Crippen molar-refractivity contribution in [2.75, 3.05) is 18.1 Å². The molecule has 1 aliphatic rings. The molecule has 1 aliphatic heterocycles. The van der Waals surface area contributed by atoms with Crippen LogP contribution in [-0.4, -0.2) is 25.3 Å². The van der Waals surface area contributed by atoms with Crippen LogP contribution in [0, 0.1) is 0 Å². The topological polar surface area (TPSA) is 38.5 Å². The lowest BCUT2D eigenvalue weighted by molar-refractivity contribution is 0.0344. The predicted molar refractivity (Wildman–Crippen MR) is 79.0 cm³/mol. The molecule has 3 atom stereocenters. The van der Waals surface area contributed by atoms with Gasteiger partial charge in [0.25, 0.3) is 0 Å². The summed E-state index contributed by atoms with van der Waals surface area (Å²) in [5.41, 5.74) is 8.31. The molecule has 1 aromatic carbocycles. The van der Waals surface area contributed by atoms with Crippen molar-refractivity contribution in [3.63, 3.8) is 0 Å². The molecule has 2 N–H and O–H groups in total. The molecule has 1 aromatic rings. The molecule has 0 aromatic heterocycles. The quantitative estimate of drug-likeness (QED) is 0.912. The van der Waals surface area contributed by atoms with Gasteiger partial charge in [-0.15, -0.1) is 0 Å². The highest BCUT2D eigenvalue weighted by Crippen LogP contribution is 2.29. The lowest BCUT2D eigenvalue weighted by atomic mass is 10.1. The number of nitrogens with two attached hydrogens (primary N) is 1. The molecule has 0 aliphatic carbocycles. The molecule has 1 fully saturated rings. The van der Waals surface area contributed by atoms with E-state index in [9.17, 15) is 0 Å². The smallest absolute Gasteiger partial charge is 0.0723 e. The third kappa shape index (κ3) is 2.87. The summed E-state index contributed by atoms with van der Waals surface area (Å²) in [5, 5.41) is 0. The van der Waals surface area contributed by atoms with Gasteiger partial charge in [0.1, 0.15) is 0 Å². The summed E-state index contributed by atoms with van der Waals surface area (Å²) >= 11 is 3.61. The van der Waals surface area contributed by atoms with E-state index in [1.165, 1.54) is 5.69 Å². The molecule has 2 unspecified atom stereocenters. The number of benzene rings is 1. The molecular weight excluding hydrogens is 292 g/mol. The van der Waals surface area contributed by atoms with Crippen molar-refractivity contribution in [3.05, 3.63) is 28.2 Å². The van der Waals surface area contributed by atoms with Crippen LogP contribution in [0.2, 0.25) is 0 Å². The first-order chi connectivity index (χ1) is 8.49. The minimum absolute atomic E-state index is 0.0504. The molecule has 2 rings (SSSR count). The molecule has 0 amide bonds. The summed E-state index contributed by atoms with van der Waals surface area (Å²) in [6.45, 7) is 8.03. The van der Waals surface area contributed by atoms with Crippen molar-refractivity contribution >= 4 is 21.6 Å². The maximum absolute atomic E-state index is 5.93. The Morgan fingerprint density at radius 1 is 1.44 bits per heavy atom. The van der Waals surface area contributed by atoms with Crippen LogP contribution in [0.3, 0.4) is 0 Å². The van der Waals surface area contributed by atoms with Gasteiger partial charge in [-0.05, 0) is 38.5 Å². The molecular formula is C14H21BrN2O. The molecule has 1 heterocycles. The van der Waals surface area contributed by atoms with Crippen LogP contribution < -0.4 is 10.6 Å². The molecule has 0 saturated carbocycles. The molecule has 1 saturated heterocycles. The second-order valence-electron chi connectivity index (χ2n) is 5.14. The first-order valence-electron chi connectivity index (χ1n) is 6.42. The van der Waals surface area contributed by atoms with Crippen LogP contribution in [0.1, 0.15) is 32.4 Å². The second-order valence-corrected chi connectivity index (χ2v) is 5.99. The third-order valence-electron chi connectivity index (χ3n) is 3.41. The fourth-order valence-electron chi connectivity index (χ4n) is 2.33. The first-order valence-corrected chi connectivity index (χ1v) is 7.21. The highest BCUT2D eigenvalue weighted by Gasteiger charge is 2.24. The zero-order valence-electron chi connectivity index (χ0n) is 11.2. The molecule has 0 spiro atoms. The number of nitrogens with zero attached hydrogens (tertiary/aromatic N) is 1. The Kier molecular flexibility index (Phi) is 4.30. The van der Waals surface area contributed by atoms with Gasteiger partial charge in [0, 0.05) is 28.8 Å². The SMILES string of the molecule is CC1CN(c2ccc([C@@H](C)N)c(Br)c2)C(C)CO1. The molecule has 18 heavy (non-hydrogen) atoms. The number of rotatable bonds is 2. The van der Waals surface area contributed by atoms with Gasteiger partial charge >= 0.3 is 0 Å². The van der Waals surface area contributed by atoms with E-state index in [0.29, 0.717) is 6.04 Å². The average molecular weight is 313 g/mol. The van der Waals surface area contributed by atoms with Crippen LogP contribution >= 0.6 is 15.9 Å². The van der Waals surface area contributed by atoms with Crippen molar-refractivity contribution in [1.29, 1.82) is 0 Å². The Morgan fingerprint density at radius 3 is 2.78 bits per heavy atom. The van der Waals surface area contributed by atoms with Crippen molar-refractivity contribution < 1.29 is 4.74 Å². The average Bonchev–Trinajstić information content (AvgIpc) is 2.31. The Hall–Kier alpha value is -0.580. The third-order valence-corrected chi connectivity index (χ3v) is 4.10. The highest BCUT2D eigenvalue weighted by molar-refractivity contribution is 9.10. The molecule has 100 valence electrons. The number of hydrogen-bond acceptors (Lipinski definition) is 3. The van der Waals surface area contributed by atoms with Gasteiger partial charge in [-0.1, -0.05) is 22.0 Å². The molecule has 0 radical (unpaired) electrons. The lowest BCUT2D eigenvalue weighted by Gasteiger charge is -2.38. The van der Waals surface area contributed by atoms with E-state index in [4.69, 9.17) is 10.5 Å². The van der Waals surface area contributed by atoms with Crippen LogP contribution in [-0.2, 0) is 4.74 Å². The van der Waals surface area contributed by atoms with E-state index in [-0.39, 0.29) is 12.1 Å². The van der Waals surface area contributed by atoms with E-state index in [1.54, 1.807) is 0 Å². The number of ether oxygens (including phenoxy) is 1. The number of anilines is 1. The van der Waals surface area contributed by atoms with E-state index in [0.717, 1.165) is 23.2 Å². The standard InChI is InChI=1S/C14H21BrN2O/c1-9-8-18-10(2)7-17(9)12-4-5-13(11(3)16)14(15)6-12/h4-6,9-11H,7-8,16H2,1-3H3/t9?,10?,11-/m1/s1. The maximum atomic E-state index is 5.93. The fraction of sp³-hybridized carbons (Fsp3) is 0.571. The largest absolute Gasteiger partial charge is 0.375 e. The molecule has 0 bridgehead atoms. The Labute approximate surface area is 117 Å². The zero-order chi connectivity index (χ0) is 13.3. The van der Waals surface area contributed by atoms with Gasteiger partial charge in [0.2, 0.25) is 0 Å². The van der Waals surface area contributed by atoms with Crippen molar-refractivity contribution in [3.8, 4) is 0 Å². The maximum Gasteiger partial charge on any atom is 0.0723 e. The van der Waals surface area contributed by atoms with Crippen molar-refractivity contribution in [2.45, 2.75) is 39.0 Å². The minimum Gasteiger partial charge on any atom is -0.375 e. The van der Waals surface area contributed by atoms with E-state index < -0.39 is 0 Å². The summed E-state index contributed by atoms with van der Waals surface area (Å²) in [5.74, 6) is 0. The number of halogens is 1. The van der Waals surface area contributed by atoms with Gasteiger partial charge in [-0.2, -0.15) is 0 Å². The van der Waals surface area contributed by atoms with E-state index in [1.807, 2.05) is 6.92 Å². The van der Waals surface area contributed by atoms with E-state index >= 15 is 0 Å². The van der Waals surface area contributed by atoms with Gasteiger partial charge in [0.05, 0.1) is 12.7 Å². The summed E-state index contributed by atoms with van der Waals surface area (Å²) < 4.78 is 6.75. The first kappa shape index (κ1) is 13.8. The Morgan fingerprint density at radius 2 is 2.17 bits per heavy atom. The van der Waals surface area contributed by atoms with Gasteiger partial charge in [0.15, 0.2) is 0 Å². The van der Waals surface area contributed by atoms with E-state index in [2.05, 4.69) is 52.9 Å². The normalized spacial score (nSPS) is 26.2. The monoisotopic (exact) mass is 312 g/mol.